The van der Waals surface area contributed by atoms with Crippen LogP contribution >= 0.6 is 11.3 Å². The second-order valence-electron chi connectivity index (χ2n) is 10.1. The number of nitrogens with zero attached hydrogens (tertiary/aromatic N) is 4. The summed E-state index contributed by atoms with van der Waals surface area (Å²) in [6.45, 7) is -3.61. The van der Waals surface area contributed by atoms with Crippen LogP contribution in [0.5, 0.6) is 5.88 Å². The quantitative estimate of drug-likeness (QED) is 0.161. The predicted molar refractivity (Wildman–Crippen MR) is 164 cm³/mol. The monoisotopic (exact) mass is 658 g/mol. The van der Waals surface area contributed by atoms with Gasteiger partial charge in [0.25, 0.3) is 5.56 Å². The van der Waals surface area contributed by atoms with Crippen LogP contribution in [0.2, 0.25) is 0 Å². The second kappa shape index (κ2) is 13.5. The van der Waals surface area contributed by atoms with E-state index in [0.29, 0.717) is 26.3 Å². The van der Waals surface area contributed by atoms with Gasteiger partial charge in [0.2, 0.25) is 5.88 Å². The van der Waals surface area contributed by atoms with E-state index in [1.807, 2.05) is 0 Å². The van der Waals surface area contributed by atoms with Crippen LogP contribution in [0.1, 0.15) is 11.1 Å². The molecule has 5 aromatic rings. The molecule has 2 aromatic carbocycles. The maximum atomic E-state index is 14.9. The van der Waals surface area contributed by atoms with Crippen molar-refractivity contribution >= 4 is 33.3 Å². The average molecular weight is 659 g/mol. The van der Waals surface area contributed by atoms with Gasteiger partial charge < -0.3 is 15.0 Å². The van der Waals surface area contributed by atoms with E-state index in [1.165, 1.54) is 25.3 Å². The Bertz CT molecular complexity index is 2010. The van der Waals surface area contributed by atoms with E-state index in [9.17, 15) is 31.9 Å². The molecule has 0 aliphatic carbocycles. The lowest BCUT2D eigenvalue weighted by atomic mass is 10.1. The highest BCUT2D eigenvalue weighted by Crippen LogP contribution is 2.38. The second-order valence-corrected chi connectivity index (χ2v) is 11.1. The summed E-state index contributed by atoms with van der Waals surface area (Å²) in [5, 5.41) is 2.65. The van der Waals surface area contributed by atoms with Gasteiger partial charge in [0.15, 0.2) is 0 Å². The molecule has 0 aliphatic rings. The van der Waals surface area contributed by atoms with Crippen LogP contribution in [0, 0.1) is 11.6 Å². The summed E-state index contributed by atoms with van der Waals surface area (Å²) in [5.74, 6) is -2.69. The fourth-order valence-electron chi connectivity index (χ4n) is 4.79. The molecule has 2 N–H and O–H groups in total. The van der Waals surface area contributed by atoms with E-state index in [1.54, 1.807) is 43.3 Å². The van der Waals surface area contributed by atoms with Crippen LogP contribution in [-0.2, 0) is 17.9 Å². The number of pyridine rings is 1. The van der Waals surface area contributed by atoms with Crippen LogP contribution in [-0.4, -0.2) is 52.9 Å². The lowest BCUT2D eigenvalue weighted by Gasteiger charge is -2.15. The maximum absolute atomic E-state index is 14.9. The Morgan fingerprint density at radius 1 is 1.00 bits per heavy atom. The summed E-state index contributed by atoms with van der Waals surface area (Å²) in [5.41, 5.74) is 1.43. The van der Waals surface area contributed by atoms with Crippen molar-refractivity contribution in [2.45, 2.75) is 19.7 Å². The number of hydrogen-bond donors (Lipinski definition) is 2. The van der Waals surface area contributed by atoms with Gasteiger partial charge in [0.05, 0.1) is 19.0 Å². The molecule has 3 aromatic heterocycles. The number of carbonyl (C=O) groups is 1. The number of amides is 2. The molecule has 2 amide bonds. The standard InChI is InChI=1S/C30H26F4N6O5S/c1-38(2)14-19-24-26(41)40(22-8-5-9-23(36-22)45-28(33)34)30(43)39(15-18-20(31)6-4-7-21(18)32)27(24)46-25(19)16-10-12-17(13-11-16)35-29(42)37-44-3/h4-13,28H,14-15H2,1-3H3,(H2,35,37,42). The SMILES string of the molecule is CONC(=O)Nc1ccc(-c2sc3c(c2CN(C)C)c(=O)n(-c2cccc(OC(F)F)n2)c(=O)n3Cc2c(F)cccc2F)cc1. The van der Waals surface area contributed by atoms with Gasteiger partial charge in [-0.2, -0.15) is 13.8 Å². The van der Waals surface area contributed by atoms with Gasteiger partial charge >= 0.3 is 18.3 Å². The number of rotatable bonds is 10. The molecule has 0 radical (unpaired) electrons. The van der Waals surface area contributed by atoms with Crippen molar-refractivity contribution in [1.29, 1.82) is 0 Å². The number of alkyl halides is 2. The molecular weight excluding hydrogens is 632 g/mol. The summed E-state index contributed by atoms with van der Waals surface area (Å²) in [6, 6.07) is 12.9. The lowest BCUT2D eigenvalue weighted by molar-refractivity contribution is -0.0528. The number of aromatic nitrogens is 3. The van der Waals surface area contributed by atoms with Gasteiger partial charge in [-0.3, -0.25) is 14.2 Å². The molecule has 16 heteroatoms. The number of benzene rings is 2. The fraction of sp³-hybridized carbons (Fsp3) is 0.200. The first-order valence-electron chi connectivity index (χ1n) is 13.5. The van der Waals surface area contributed by atoms with E-state index in [-0.39, 0.29) is 22.6 Å². The number of halogens is 4. The molecule has 0 atom stereocenters. The Labute approximate surface area is 262 Å². The maximum Gasteiger partial charge on any atom is 0.388 e. The number of ether oxygens (including phenoxy) is 1. The minimum Gasteiger partial charge on any atom is -0.417 e. The van der Waals surface area contributed by atoms with E-state index < -0.39 is 53.5 Å². The van der Waals surface area contributed by atoms with Gasteiger partial charge in [-0.05, 0) is 55.6 Å². The van der Waals surface area contributed by atoms with E-state index in [2.05, 4.69) is 25.4 Å². The van der Waals surface area contributed by atoms with Crippen LogP contribution in [0.4, 0.5) is 28.0 Å². The first kappa shape index (κ1) is 32.3. The zero-order valence-corrected chi connectivity index (χ0v) is 25.3. The molecule has 240 valence electrons. The van der Waals surface area contributed by atoms with Crippen molar-refractivity contribution in [2.75, 3.05) is 26.5 Å². The summed E-state index contributed by atoms with van der Waals surface area (Å²) >= 11 is 1.06. The summed E-state index contributed by atoms with van der Waals surface area (Å²) < 4.78 is 61.8. The van der Waals surface area contributed by atoms with Crippen molar-refractivity contribution in [1.82, 2.24) is 24.5 Å². The number of anilines is 1. The van der Waals surface area contributed by atoms with E-state index in [4.69, 9.17) is 0 Å². The zero-order valence-electron chi connectivity index (χ0n) is 24.5. The molecule has 0 saturated carbocycles. The number of nitrogens with one attached hydrogen (secondary N) is 2. The van der Waals surface area contributed by atoms with Gasteiger partial charge in [-0.1, -0.05) is 24.3 Å². The van der Waals surface area contributed by atoms with Crippen LogP contribution in [0.25, 0.3) is 26.5 Å². The molecule has 0 fully saturated rings. The molecule has 0 spiro atoms. The van der Waals surface area contributed by atoms with Crippen molar-refractivity contribution in [3.63, 3.8) is 0 Å². The van der Waals surface area contributed by atoms with E-state index >= 15 is 0 Å². The molecule has 5 rings (SSSR count). The summed E-state index contributed by atoms with van der Waals surface area (Å²) in [6.07, 6.45) is 0. The lowest BCUT2D eigenvalue weighted by Crippen LogP contribution is -2.39. The van der Waals surface area contributed by atoms with Gasteiger partial charge in [-0.15, -0.1) is 11.3 Å². The molecule has 3 heterocycles. The molecular formula is C30H26F4N6O5S. The molecule has 0 aliphatic heterocycles. The number of urea groups is 1. The third-order valence-electron chi connectivity index (χ3n) is 6.67. The Balaban J connectivity index is 1.79. The largest absolute Gasteiger partial charge is 0.417 e. The normalized spacial score (nSPS) is 11.4. The first-order chi connectivity index (χ1) is 22.0. The predicted octanol–water partition coefficient (Wildman–Crippen LogP) is 4.95. The van der Waals surface area contributed by atoms with Gasteiger partial charge in [-0.25, -0.2) is 28.4 Å². The Morgan fingerprint density at radius 3 is 2.30 bits per heavy atom. The van der Waals surface area contributed by atoms with Crippen molar-refractivity contribution in [2.24, 2.45) is 0 Å². The zero-order chi connectivity index (χ0) is 33.1. The molecule has 11 nitrogen and oxygen atoms in total. The molecule has 0 saturated heterocycles. The van der Waals surface area contributed by atoms with Crippen molar-refractivity contribution < 1.29 is 31.9 Å². The number of thiophene rings is 1. The van der Waals surface area contributed by atoms with Crippen LogP contribution < -0.4 is 26.8 Å². The first-order valence-corrected chi connectivity index (χ1v) is 14.3. The molecule has 46 heavy (non-hydrogen) atoms. The van der Waals surface area contributed by atoms with Gasteiger partial charge in [0, 0.05) is 28.7 Å². The Kier molecular flexibility index (Phi) is 9.50. The van der Waals surface area contributed by atoms with Crippen LogP contribution in [0.3, 0.4) is 0 Å². The number of carbonyl (C=O) groups excluding carboxylic acids is 1. The average Bonchev–Trinajstić information content (AvgIpc) is 3.35. The molecule has 0 unspecified atom stereocenters. The third kappa shape index (κ3) is 6.63. The highest BCUT2D eigenvalue weighted by atomic mass is 32.1. The smallest absolute Gasteiger partial charge is 0.388 e. The fourth-order valence-corrected chi connectivity index (χ4v) is 6.09. The van der Waals surface area contributed by atoms with Crippen molar-refractivity contribution in [3.05, 3.63) is 104 Å². The van der Waals surface area contributed by atoms with E-state index in [0.717, 1.165) is 34.1 Å². The number of hydrogen-bond acceptors (Lipinski definition) is 8. The summed E-state index contributed by atoms with van der Waals surface area (Å²) in [7, 11) is 4.82. The highest BCUT2D eigenvalue weighted by molar-refractivity contribution is 7.22. The minimum absolute atomic E-state index is 0.0636. The number of fused-ring (bicyclic) bond motifs is 1. The van der Waals surface area contributed by atoms with Gasteiger partial charge in [0.1, 0.15) is 22.3 Å². The molecule has 0 bridgehead atoms. The highest BCUT2D eigenvalue weighted by Gasteiger charge is 2.26. The Hall–Kier alpha value is -5.06. The summed E-state index contributed by atoms with van der Waals surface area (Å²) in [4.78, 5) is 51.1. The van der Waals surface area contributed by atoms with Crippen LogP contribution in [0.15, 0.2) is 70.3 Å². The third-order valence-corrected chi connectivity index (χ3v) is 7.98. The minimum atomic E-state index is -3.22. The van der Waals surface area contributed by atoms with Crippen molar-refractivity contribution in [3.8, 4) is 22.1 Å². The Morgan fingerprint density at radius 2 is 1.67 bits per heavy atom. The topological polar surface area (TPSA) is 120 Å². The number of hydroxylamine groups is 1.